The van der Waals surface area contributed by atoms with Crippen molar-refractivity contribution in [1.82, 2.24) is 19.9 Å². The van der Waals surface area contributed by atoms with Gasteiger partial charge < -0.3 is 8.83 Å². The number of halogens is 3. The van der Waals surface area contributed by atoms with Crippen molar-refractivity contribution >= 4 is 89.7 Å². The highest BCUT2D eigenvalue weighted by Crippen LogP contribution is 2.37. The third kappa shape index (κ3) is 5.03. The van der Waals surface area contributed by atoms with E-state index in [4.69, 9.17) is 43.6 Å². The Morgan fingerprint density at radius 1 is 0.444 bits per heavy atom. The van der Waals surface area contributed by atoms with Crippen molar-refractivity contribution in [1.29, 1.82) is 0 Å². The summed E-state index contributed by atoms with van der Waals surface area (Å²) in [5.74, 6) is 0. The van der Waals surface area contributed by atoms with Crippen LogP contribution in [0.2, 0.25) is 15.7 Å². The molecular formula is C36H19Cl3N4O2. The van der Waals surface area contributed by atoms with E-state index in [0.717, 1.165) is 44.0 Å². The Hall–Kier alpha value is -5.01. The van der Waals surface area contributed by atoms with E-state index in [1.165, 1.54) is 16.5 Å². The van der Waals surface area contributed by atoms with Crippen LogP contribution in [0.15, 0.2) is 124 Å². The zero-order valence-corrected chi connectivity index (χ0v) is 25.5. The summed E-state index contributed by atoms with van der Waals surface area (Å²) < 4.78 is 11.4. The van der Waals surface area contributed by atoms with Crippen LogP contribution in [0, 0.1) is 0 Å². The van der Waals surface area contributed by atoms with Gasteiger partial charge in [-0.1, -0.05) is 103 Å². The molecule has 0 N–H and O–H groups in total. The summed E-state index contributed by atoms with van der Waals surface area (Å²) >= 11 is 17.9. The summed E-state index contributed by atoms with van der Waals surface area (Å²) in [6.45, 7) is 0. The Morgan fingerprint density at radius 2 is 0.978 bits per heavy atom. The lowest BCUT2D eigenvalue weighted by Gasteiger charge is -2.08. The fourth-order valence-corrected chi connectivity index (χ4v) is 6.19. The van der Waals surface area contributed by atoms with E-state index < -0.39 is 0 Å². The van der Waals surface area contributed by atoms with Crippen molar-refractivity contribution in [3.8, 4) is 22.4 Å². The normalized spacial score (nSPS) is 11.4. The predicted molar refractivity (Wildman–Crippen MR) is 182 cm³/mol. The molecule has 0 atom stereocenters. The Balaban J connectivity index is 0.000000168. The molecule has 216 valence electrons. The third-order valence-corrected chi connectivity index (χ3v) is 8.21. The van der Waals surface area contributed by atoms with Crippen molar-refractivity contribution in [2.75, 3.05) is 0 Å². The molecule has 0 radical (unpaired) electrons. The van der Waals surface area contributed by atoms with E-state index >= 15 is 0 Å². The summed E-state index contributed by atoms with van der Waals surface area (Å²) in [4.78, 5) is 16.7. The van der Waals surface area contributed by atoms with Gasteiger partial charge in [0.15, 0.2) is 0 Å². The van der Waals surface area contributed by atoms with E-state index in [9.17, 15) is 0 Å². The molecular weight excluding hydrogens is 627 g/mol. The van der Waals surface area contributed by atoms with Crippen LogP contribution in [0.4, 0.5) is 0 Å². The smallest absolute Gasteiger partial charge is 0.233 e. The van der Waals surface area contributed by atoms with Gasteiger partial charge in [0.2, 0.25) is 22.0 Å². The molecule has 0 saturated heterocycles. The van der Waals surface area contributed by atoms with Gasteiger partial charge in [-0.2, -0.15) is 9.97 Å². The van der Waals surface area contributed by atoms with E-state index in [2.05, 4.69) is 80.6 Å². The standard InChI is InChI=1S/C26H15ClN2O.C10H4Cl2N2O/c27-26-28-24(23-21-8-4-5-9-22(21)30-25(23)29-26)20-13-12-18-14-17(10-11-19(18)15-20)16-6-2-1-3-7-16;11-8-7-5-3-1-2-4-6(5)15-9(7)14-10(12)13-8/h1-15H;1-4H. The first-order valence-electron chi connectivity index (χ1n) is 14.0. The first-order valence-corrected chi connectivity index (χ1v) is 15.1. The zero-order valence-electron chi connectivity index (χ0n) is 23.2. The molecule has 9 heteroatoms. The van der Waals surface area contributed by atoms with Gasteiger partial charge in [-0.05, 0) is 69.4 Å². The molecule has 4 heterocycles. The molecule has 9 rings (SSSR count). The van der Waals surface area contributed by atoms with Crippen LogP contribution in [0.3, 0.4) is 0 Å². The van der Waals surface area contributed by atoms with Crippen LogP contribution in [-0.2, 0) is 0 Å². The number of fused-ring (bicyclic) bond motifs is 7. The minimum Gasteiger partial charge on any atom is -0.438 e. The Kier molecular flexibility index (Phi) is 6.83. The van der Waals surface area contributed by atoms with Gasteiger partial charge in [0.05, 0.1) is 16.5 Å². The predicted octanol–water partition coefficient (Wildman–Crippen LogP) is 11.2. The number of hydrogen-bond acceptors (Lipinski definition) is 6. The summed E-state index contributed by atoms with van der Waals surface area (Å²) in [7, 11) is 0. The maximum absolute atomic E-state index is 6.23. The minimum atomic E-state index is 0.0894. The lowest BCUT2D eigenvalue weighted by molar-refractivity contribution is 0.652. The number of rotatable bonds is 2. The van der Waals surface area contributed by atoms with Gasteiger partial charge in [0.25, 0.3) is 0 Å². The van der Waals surface area contributed by atoms with Crippen LogP contribution in [-0.4, -0.2) is 19.9 Å². The molecule has 9 aromatic rings. The Bertz CT molecular complexity index is 2550. The van der Waals surface area contributed by atoms with Crippen LogP contribution in [0.1, 0.15) is 0 Å². The van der Waals surface area contributed by atoms with E-state index in [1.54, 1.807) is 0 Å². The number of nitrogens with zero attached hydrogens (tertiary/aromatic N) is 4. The molecule has 0 spiro atoms. The molecule has 5 aromatic carbocycles. The highest BCUT2D eigenvalue weighted by molar-refractivity contribution is 6.37. The summed E-state index contributed by atoms with van der Waals surface area (Å²) in [5, 5.41) is 6.37. The van der Waals surface area contributed by atoms with Crippen LogP contribution < -0.4 is 0 Å². The van der Waals surface area contributed by atoms with Crippen LogP contribution >= 0.6 is 34.8 Å². The first kappa shape index (κ1) is 27.5. The average Bonchev–Trinajstić information content (AvgIpc) is 3.62. The monoisotopic (exact) mass is 644 g/mol. The maximum Gasteiger partial charge on any atom is 0.233 e. The molecule has 0 fully saturated rings. The molecule has 6 nitrogen and oxygen atoms in total. The molecule has 4 aromatic heterocycles. The highest BCUT2D eigenvalue weighted by Gasteiger charge is 2.17. The van der Waals surface area contributed by atoms with E-state index in [0.29, 0.717) is 22.0 Å². The Labute approximate surface area is 270 Å². The van der Waals surface area contributed by atoms with Crippen molar-refractivity contribution in [3.63, 3.8) is 0 Å². The van der Waals surface area contributed by atoms with Crippen molar-refractivity contribution in [2.24, 2.45) is 0 Å². The fraction of sp³-hybridized carbons (Fsp3) is 0. The second-order valence-corrected chi connectivity index (χ2v) is 11.4. The van der Waals surface area contributed by atoms with Gasteiger partial charge in [-0.3, -0.25) is 0 Å². The van der Waals surface area contributed by atoms with Gasteiger partial charge >= 0.3 is 0 Å². The number of para-hydroxylation sites is 2. The first-order chi connectivity index (χ1) is 22.0. The molecule has 0 aliphatic rings. The largest absolute Gasteiger partial charge is 0.438 e. The van der Waals surface area contributed by atoms with Crippen molar-refractivity contribution in [3.05, 3.63) is 131 Å². The molecule has 0 aliphatic heterocycles. The highest BCUT2D eigenvalue weighted by atomic mass is 35.5. The molecule has 0 unspecified atom stereocenters. The number of benzene rings is 5. The topological polar surface area (TPSA) is 77.8 Å². The van der Waals surface area contributed by atoms with Gasteiger partial charge in [0.1, 0.15) is 16.3 Å². The van der Waals surface area contributed by atoms with Crippen molar-refractivity contribution < 1.29 is 8.83 Å². The third-order valence-electron chi connectivity index (χ3n) is 7.60. The average molecular weight is 646 g/mol. The zero-order chi connectivity index (χ0) is 30.5. The molecule has 0 aliphatic carbocycles. The van der Waals surface area contributed by atoms with Crippen LogP contribution in [0.25, 0.3) is 77.3 Å². The fourth-order valence-electron chi connectivity index (χ4n) is 5.57. The Morgan fingerprint density at radius 3 is 1.67 bits per heavy atom. The number of hydrogen-bond donors (Lipinski definition) is 0. The van der Waals surface area contributed by atoms with Crippen molar-refractivity contribution in [2.45, 2.75) is 0 Å². The molecule has 0 bridgehead atoms. The van der Waals surface area contributed by atoms with E-state index in [-0.39, 0.29) is 10.6 Å². The second-order valence-electron chi connectivity index (χ2n) is 10.3. The number of furan rings is 2. The lowest BCUT2D eigenvalue weighted by Crippen LogP contribution is -1.90. The summed E-state index contributed by atoms with van der Waals surface area (Å²) in [5.41, 5.74) is 6.60. The quantitative estimate of drug-likeness (QED) is 0.137. The van der Waals surface area contributed by atoms with E-state index in [1.807, 2.05) is 54.6 Å². The second kappa shape index (κ2) is 11.2. The maximum atomic E-state index is 6.23. The molecule has 0 saturated carbocycles. The number of aromatic nitrogens is 4. The van der Waals surface area contributed by atoms with Crippen LogP contribution in [0.5, 0.6) is 0 Å². The lowest BCUT2D eigenvalue weighted by atomic mass is 9.98. The summed E-state index contributed by atoms with van der Waals surface area (Å²) in [6.07, 6.45) is 0. The summed E-state index contributed by atoms with van der Waals surface area (Å²) in [6, 6.07) is 38.7. The van der Waals surface area contributed by atoms with Gasteiger partial charge in [-0.25, -0.2) is 9.97 Å². The SMILES string of the molecule is Clc1nc(-c2ccc3cc(-c4ccccc4)ccc3c2)c2c(n1)oc1ccccc12.Clc1nc(Cl)c2c(n1)oc1ccccc12. The van der Waals surface area contributed by atoms with Gasteiger partial charge in [-0.15, -0.1) is 0 Å². The van der Waals surface area contributed by atoms with Gasteiger partial charge in [0, 0.05) is 16.3 Å². The molecule has 0 amide bonds. The minimum absolute atomic E-state index is 0.0894. The molecule has 45 heavy (non-hydrogen) atoms.